The average molecular weight is 340 g/mol. The molecule has 3 aromatic rings. The molecule has 0 saturated carbocycles. The van der Waals surface area contributed by atoms with Gasteiger partial charge < -0.3 is 10.1 Å². The van der Waals surface area contributed by atoms with Crippen molar-refractivity contribution in [3.63, 3.8) is 0 Å². The van der Waals surface area contributed by atoms with Crippen LogP contribution < -0.4 is 5.32 Å². The lowest BCUT2D eigenvalue weighted by atomic mass is 10.2. The number of nitrogens with one attached hydrogen (secondary N) is 1. The second-order valence-electron chi connectivity index (χ2n) is 4.96. The maximum Gasteiger partial charge on any atom is 0.341 e. The number of esters is 1. The summed E-state index contributed by atoms with van der Waals surface area (Å²) in [7, 11) is 0. The van der Waals surface area contributed by atoms with E-state index in [1.807, 2.05) is 48.5 Å². The van der Waals surface area contributed by atoms with Crippen molar-refractivity contribution >= 4 is 29.2 Å². The molecule has 1 heterocycles. The first-order valence-corrected chi connectivity index (χ1v) is 7.65. The first kappa shape index (κ1) is 16.0. The van der Waals surface area contributed by atoms with Crippen molar-refractivity contribution in [1.82, 2.24) is 9.97 Å². The third kappa shape index (κ3) is 4.08. The number of rotatable bonds is 5. The highest BCUT2D eigenvalue weighted by Gasteiger charge is 2.09. The van der Waals surface area contributed by atoms with Gasteiger partial charge in [0.1, 0.15) is 6.61 Å². The summed E-state index contributed by atoms with van der Waals surface area (Å²) < 4.78 is 5.23. The van der Waals surface area contributed by atoms with Gasteiger partial charge in [0.2, 0.25) is 5.95 Å². The van der Waals surface area contributed by atoms with Crippen LogP contribution in [0.1, 0.15) is 15.9 Å². The number of ether oxygens (including phenoxy) is 1. The highest BCUT2D eigenvalue weighted by molar-refractivity contribution is 6.33. The fourth-order valence-electron chi connectivity index (χ4n) is 1.99. The van der Waals surface area contributed by atoms with E-state index >= 15 is 0 Å². The Kier molecular flexibility index (Phi) is 5.03. The molecular weight excluding hydrogens is 326 g/mol. The fraction of sp³-hybridized carbons (Fsp3) is 0.0556. The summed E-state index contributed by atoms with van der Waals surface area (Å²) >= 11 is 6.06. The second kappa shape index (κ2) is 7.57. The monoisotopic (exact) mass is 339 g/mol. The molecule has 0 saturated heterocycles. The van der Waals surface area contributed by atoms with Crippen LogP contribution in [0.4, 0.5) is 11.6 Å². The summed E-state index contributed by atoms with van der Waals surface area (Å²) in [6.45, 7) is 0.208. The van der Waals surface area contributed by atoms with E-state index in [1.54, 1.807) is 6.07 Å². The zero-order valence-electron chi connectivity index (χ0n) is 12.6. The van der Waals surface area contributed by atoms with E-state index < -0.39 is 5.97 Å². The van der Waals surface area contributed by atoms with Crippen molar-refractivity contribution < 1.29 is 9.53 Å². The third-order valence-corrected chi connectivity index (χ3v) is 3.55. The summed E-state index contributed by atoms with van der Waals surface area (Å²) in [5.74, 6) is -0.120. The van der Waals surface area contributed by atoms with Gasteiger partial charge in [-0.15, -0.1) is 0 Å². The van der Waals surface area contributed by atoms with E-state index in [0.717, 1.165) is 5.56 Å². The molecule has 24 heavy (non-hydrogen) atoms. The predicted molar refractivity (Wildman–Crippen MR) is 92.3 cm³/mol. The third-order valence-electron chi connectivity index (χ3n) is 3.22. The number of carbonyl (C=O) groups excluding carboxylic acids is 1. The number of hydrogen-bond donors (Lipinski definition) is 1. The van der Waals surface area contributed by atoms with Gasteiger partial charge in [-0.2, -0.15) is 0 Å². The van der Waals surface area contributed by atoms with Crippen LogP contribution in [0.25, 0.3) is 0 Å². The molecule has 0 amide bonds. The first-order chi connectivity index (χ1) is 11.7. The summed E-state index contributed by atoms with van der Waals surface area (Å²) in [5, 5.41) is 3.55. The summed E-state index contributed by atoms with van der Waals surface area (Å²) in [6, 6.07) is 16.7. The van der Waals surface area contributed by atoms with Crippen LogP contribution in [0.15, 0.2) is 67.0 Å². The molecule has 0 bridgehead atoms. The normalized spacial score (nSPS) is 10.2. The lowest BCUT2D eigenvalue weighted by Crippen LogP contribution is -2.07. The van der Waals surface area contributed by atoms with Crippen LogP contribution >= 0.6 is 11.6 Å². The van der Waals surface area contributed by atoms with Gasteiger partial charge in [0, 0.05) is 12.4 Å². The molecule has 2 aromatic carbocycles. The van der Waals surface area contributed by atoms with Gasteiger partial charge in [-0.1, -0.05) is 54.1 Å². The van der Waals surface area contributed by atoms with Gasteiger partial charge in [-0.3, -0.25) is 0 Å². The molecule has 6 heteroatoms. The molecule has 0 aliphatic carbocycles. The summed E-state index contributed by atoms with van der Waals surface area (Å²) in [4.78, 5) is 20.2. The SMILES string of the molecule is O=C(OCc1ccccc1)c1cnc(Nc2ccccc2Cl)nc1. The molecule has 5 nitrogen and oxygen atoms in total. The van der Waals surface area contributed by atoms with E-state index in [-0.39, 0.29) is 12.2 Å². The Hall–Kier alpha value is -2.92. The van der Waals surface area contributed by atoms with Crippen LogP contribution in [-0.4, -0.2) is 15.9 Å². The molecule has 0 spiro atoms. The predicted octanol–water partition coefficient (Wildman–Crippen LogP) is 4.23. The van der Waals surface area contributed by atoms with E-state index in [4.69, 9.17) is 16.3 Å². The van der Waals surface area contributed by atoms with E-state index in [9.17, 15) is 4.79 Å². The van der Waals surface area contributed by atoms with Gasteiger partial charge in [-0.25, -0.2) is 14.8 Å². The number of halogens is 1. The van der Waals surface area contributed by atoms with Crippen LogP contribution in [0.3, 0.4) is 0 Å². The van der Waals surface area contributed by atoms with E-state index in [2.05, 4.69) is 15.3 Å². The largest absolute Gasteiger partial charge is 0.457 e. The molecule has 1 N–H and O–H groups in total. The molecule has 0 atom stereocenters. The van der Waals surface area contributed by atoms with Crippen LogP contribution in [0, 0.1) is 0 Å². The molecule has 0 unspecified atom stereocenters. The number of aromatic nitrogens is 2. The topological polar surface area (TPSA) is 64.1 Å². The Morgan fingerprint density at radius 1 is 1.00 bits per heavy atom. The summed E-state index contributed by atoms with van der Waals surface area (Å²) in [6.07, 6.45) is 2.83. The number of para-hydroxylation sites is 1. The van der Waals surface area contributed by atoms with E-state index in [1.165, 1.54) is 12.4 Å². The maximum atomic E-state index is 12.0. The Morgan fingerprint density at radius 2 is 1.67 bits per heavy atom. The molecule has 0 radical (unpaired) electrons. The van der Waals surface area contributed by atoms with Crippen LogP contribution in [0.2, 0.25) is 5.02 Å². The number of benzene rings is 2. The molecule has 0 aliphatic rings. The van der Waals surface area contributed by atoms with Crippen molar-refractivity contribution in [2.45, 2.75) is 6.61 Å². The van der Waals surface area contributed by atoms with Crippen molar-refractivity contribution in [2.75, 3.05) is 5.32 Å². The van der Waals surface area contributed by atoms with Gasteiger partial charge in [-0.05, 0) is 17.7 Å². The molecule has 0 fully saturated rings. The smallest absolute Gasteiger partial charge is 0.341 e. The Bertz CT molecular complexity index is 823. The zero-order chi connectivity index (χ0) is 16.8. The highest BCUT2D eigenvalue weighted by Crippen LogP contribution is 2.22. The van der Waals surface area contributed by atoms with Crippen LogP contribution in [0.5, 0.6) is 0 Å². The highest BCUT2D eigenvalue weighted by atomic mass is 35.5. The number of nitrogens with zero attached hydrogens (tertiary/aromatic N) is 2. The second-order valence-corrected chi connectivity index (χ2v) is 5.37. The lowest BCUT2D eigenvalue weighted by Gasteiger charge is -2.07. The molecule has 3 rings (SSSR count). The molecule has 0 aliphatic heterocycles. The van der Waals surface area contributed by atoms with E-state index in [0.29, 0.717) is 16.7 Å². The average Bonchev–Trinajstić information content (AvgIpc) is 2.63. The van der Waals surface area contributed by atoms with Crippen molar-refractivity contribution in [2.24, 2.45) is 0 Å². The Labute approximate surface area is 144 Å². The zero-order valence-corrected chi connectivity index (χ0v) is 13.4. The minimum atomic E-state index is -0.469. The molecule has 120 valence electrons. The molecular formula is C18H14ClN3O2. The van der Waals surface area contributed by atoms with Gasteiger partial charge >= 0.3 is 5.97 Å². The van der Waals surface area contributed by atoms with Gasteiger partial charge in [0.05, 0.1) is 16.3 Å². The number of carbonyl (C=O) groups is 1. The fourth-order valence-corrected chi connectivity index (χ4v) is 2.17. The summed E-state index contributed by atoms with van der Waals surface area (Å²) in [5.41, 5.74) is 1.90. The van der Waals surface area contributed by atoms with Crippen molar-refractivity contribution in [3.8, 4) is 0 Å². The standard InChI is InChI=1S/C18H14ClN3O2/c19-15-8-4-5-9-16(15)22-18-20-10-14(11-21-18)17(23)24-12-13-6-2-1-3-7-13/h1-11H,12H2,(H,20,21,22). The Balaban J connectivity index is 1.61. The number of anilines is 2. The lowest BCUT2D eigenvalue weighted by molar-refractivity contribution is 0.0472. The van der Waals surface area contributed by atoms with Gasteiger partial charge in [0.15, 0.2) is 0 Å². The van der Waals surface area contributed by atoms with Gasteiger partial charge in [0.25, 0.3) is 0 Å². The Morgan fingerprint density at radius 3 is 2.38 bits per heavy atom. The minimum absolute atomic E-state index is 0.208. The quantitative estimate of drug-likeness (QED) is 0.705. The minimum Gasteiger partial charge on any atom is -0.457 e. The van der Waals surface area contributed by atoms with Crippen molar-refractivity contribution in [3.05, 3.63) is 83.1 Å². The first-order valence-electron chi connectivity index (χ1n) is 7.27. The number of hydrogen-bond acceptors (Lipinski definition) is 5. The van der Waals surface area contributed by atoms with Crippen molar-refractivity contribution in [1.29, 1.82) is 0 Å². The van der Waals surface area contributed by atoms with Crippen LogP contribution in [-0.2, 0) is 11.3 Å². The maximum absolute atomic E-state index is 12.0. The molecule has 1 aromatic heterocycles.